The van der Waals surface area contributed by atoms with E-state index in [2.05, 4.69) is 0 Å². The van der Waals surface area contributed by atoms with Crippen LogP contribution in [0.3, 0.4) is 0 Å². The van der Waals surface area contributed by atoms with Gasteiger partial charge in [0.2, 0.25) is 17.5 Å². The molecule has 0 saturated carbocycles. The van der Waals surface area contributed by atoms with Crippen molar-refractivity contribution in [2.75, 3.05) is 13.2 Å². The van der Waals surface area contributed by atoms with Crippen LogP contribution in [0, 0.1) is 0 Å². The molecule has 0 radical (unpaired) electrons. The van der Waals surface area contributed by atoms with Crippen LogP contribution in [0.2, 0.25) is 0 Å². The second-order valence-corrected chi connectivity index (χ2v) is 12.9. The molecule has 292 valence electrons. The topological polar surface area (TPSA) is 328 Å². The number of ether oxygens (including phenoxy) is 6. The summed E-state index contributed by atoms with van der Waals surface area (Å²) in [6.45, 7) is -0.140. The van der Waals surface area contributed by atoms with E-state index in [9.17, 15) is 66.1 Å². The summed E-state index contributed by atoms with van der Waals surface area (Å²) in [6, 6.07) is 7.05. The molecule has 3 saturated heterocycles. The van der Waals surface area contributed by atoms with Gasteiger partial charge in [0, 0.05) is 17.7 Å². The molecular formula is C33H40O20. The maximum Gasteiger partial charge on any atom is 0.239 e. The summed E-state index contributed by atoms with van der Waals surface area (Å²) < 4.78 is 40.0. The SMILES string of the molecule is C[C@@H]1O[C@@H](OC[C@H]2O[C@H](Oc3c(-c4ccc(O)cc4)oc4cc(O)cc(O)c4c3=O)[C@H](O[C@H]3O[C@H](CO)[C@@H](O)[C@@H](O)[C@H]3O)[C@H](O)[C@@H]2O)[C@@H](O)[C@@H](O)[C@H]1O. The minimum atomic E-state index is -2.06. The first-order valence-electron chi connectivity index (χ1n) is 16.4. The minimum Gasteiger partial charge on any atom is -0.508 e. The van der Waals surface area contributed by atoms with Crippen LogP contribution in [0.4, 0.5) is 0 Å². The zero-order chi connectivity index (χ0) is 38.5. The Morgan fingerprint density at radius 1 is 0.679 bits per heavy atom. The third-order valence-corrected chi connectivity index (χ3v) is 9.30. The lowest BCUT2D eigenvalue weighted by Gasteiger charge is -2.46. The zero-order valence-corrected chi connectivity index (χ0v) is 27.7. The number of aliphatic hydroxyl groups excluding tert-OH is 9. The number of rotatable bonds is 9. The molecule has 3 aliphatic rings. The molecule has 2 aromatic carbocycles. The van der Waals surface area contributed by atoms with Crippen molar-refractivity contribution in [3.8, 4) is 34.3 Å². The van der Waals surface area contributed by atoms with E-state index in [1.165, 1.54) is 31.2 Å². The van der Waals surface area contributed by atoms with E-state index in [0.29, 0.717) is 0 Å². The van der Waals surface area contributed by atoms with Gasteiger partial charge in [-0.15, -0.1) is 0 Å². The highest BCUT2D eigenvalue weighted by molar-refractivity contribution is 5.88. The summed E-state index contributed by atoms with van der Waals surface area (Å²) in [7, 11) is 0. The van der Waals surface area contributed by atoms with Crippen LogP contribution >= 0.6 is 0 Å². The van der Waals surface area contributed by atoms with Crippen LogP contribution in [-0.4, -0.2) is 167 Å². The standard InChI is InChI=1S/C33H40O20/c1-10-19(38)23(42)26(45)31(48-10)47-9-17-21(40)25(44)30(53-32-27(46)24(43)20(39)16(8-34)50-32)33(51-17)52-29-22(41)18-14(37)6-13(36)7-15(18)49-28(29)11-2-4-12(35)5-3-11/h2-7,10,16-17,19-21,23-27,30-40,42-46H,8-9H2,1H3/t10-,16+,17+,19-,20+,21+,23-,24+,25+,26-,27+,30+,31+,32+,33+/m0/s1. The Balaban J connectivity index is 1.39. The number of benzene rings is 2. The molecule has 0 amide bonds. The van der Waals surface area contributed by atoms with Crippen LogP contribution in [0.1, 0.15) is 6.92 Å². The van der Waals surface area contributed by atoms with Crippen LogP contribution < -0.4 is 10.2 Å². The fourth-order valence-electron chi connectivity index (χ4n) is 6.25. The van der Waals surface area contributed by atoms with E-state index < -0.39 is 133 Å². The van der Waals surface area contributed by atoms with E-state index in [-0.39, 0.29) is 22.7 Å². The Morgan fingerprint density at radius 3 is 1.98 bits per heavy atom. The van der Waals surface area contributed by atoms with Crippen molar-refractivity contribution in [1.29, 1.82) is 0 Å². The van der Waals surface area contributed by atoms with Crippen molar-refractivity contribution >= 4 is 11.0 Å². The zero-order valence-electron chi connectivity index (χ0n) is 27.7. The Morgan fingerprint density at radius 2 is 1.30 bits per heavy atom. The summed E-state index contributed by atoms with van der Waals surface area (Å²) in [4.78, 5) is 14.0. The maximum atomic E-state index is 14.0. The molecule has 3 fully saturated rings. The molecule has 20 nitrogen and oxygen atoms in total. The van der Waals surface area contributed by atoms with Crippen molar-refractivity contribution in [3.63, 3.8) is 0 Å². The average molecular weight is 757 g/mol. The first kappa shape index (κ1) is 39.0. The number of phenolic OH excluding ortho intramolecular Hbond substituents is 3. The number of fused-ring (bicyclic) bond motifs is 1. The normalized spacial score (nSPS) is 37.8. The highest BCUT2D eigenvalue weighted by Gasteiger charge is 2.52. The van der Waals surface area contributed by atoms with E-state index in [4.69, 9.17) is 32.8 Å². The highest BCUT2D eigenvalue weighted by atomic mass is 16.8. The monoisotopic (exact) mass is 756 g/mol. The van der Waals surface area contributed by atoms with Crippen molar-refractivity contribution in [1.82, 2.24) is 0 Å². The van der Waals surface area contributed by atoms with Gasteiger partial charge in [0.15, 0.2) is 24.4 Å². The molecule has 0 bridgehead atoms. The first-order chi connectivity index (χ1) is 25.1. The Bertz CT molecular complexity index is 1780. The average Bonchev–Trinajstić information content (AvgIpc) is 3.12. The lowest BCUT2D eigenvalue weighted by atomic mass is 9.97. The second kappa shape index (κ2) is 15.6. The molecule has 4 heterocycles. The Labute approximate surface area is 298 Å². The van der Waals surface area contributed by atoms with E-state index in [1.807, 2.05) is 0 Å². The predicted octanol–water partition coefficient (Wildman–Crippen LogP) is -3.57. The summed E-state index contributed by atoms with van der Waals surface area (Å²) in [5.74, 6) is -2.39. The Kier molecular flexibility index (Phi) is 11.5. The minimum absolute atomic E-state index is 0.112. The van der Waals surface area contributed by atoms with Crippen LogP contribution in [0.5, 0.6) is 23.0 Å². The van der Waals surface area contributed by atoms with Gasteiger partial charge in [-0.25, -0.2) is 0 Å². The molecule has 0 unspecified atom stereocenters. The number of phenols is 3. The largest absolute Gasteiger partial charge is 0.508 e. The number of aromatic hydroxyl groups is 3. The molecular weight excluding hydrogens is 716 g/mol. The molecule has 20 heteroatoms. The first-order valence-corrected chi connectivity index (χ1v) is 16.4. The van der Waals surface area contributed by atoms with Crippen molar-refractivity contribution in [2.45, 2.75) is 99.0 Å². The van der Waals surface area contributed by atoms with Gasteiger partial charge in [0.1, 0.15) is 89.3 Å². The molecule has 3 aliphatic heterocycles. The third kappa shape index (κ3) is 7.52. The van der Waals surface area contributed by atoms with E-state index >= 15 is 0 Å². The van der Waals surface area contributed by atoms with Gasteiger partial charge >= 0.3 is 0 Å². The summed E-state index contributed by atoms with van der Waals surface area (Å²) in [6.07, 6.45) is -26.1. The third-order valence-electron chi connectivity index (χ3n) is 9.30. The second-order valence-electron chi connectivity index (χ2n) is 12.9. The van der Waals surface area contributed by atoms with Crippen molar-refractivity contribution in [2.24, 2.45) is 0 Å². The van der Waals surface area contributed by atoms with Gasteiger partial charge in [-0.2, -0.15) is 0 Å². The lowest BCUT2D eigenvalue weighted by molar-refractivity contribution is -0.362. The van der Waals surface area contributed by atoms with Gasteiger partial charge in [0.25, 0.3) is 0 Å². The van der Waals surface area contributed by atoms with Gasteiger partial charge in [-0.3, -0.25) is 4.79 Å². The molecule has 6 rings (SSSR count). The fourth-order valence-corrected chi connectivity index (χ4v) is 6.25. The fraction of sp³-hybridized carbons (Fsp3) is 0.545. The van der Waals surface area contributed by atoms with Crippen LogP contribution in [-0.2, 0) is 23.7 Å². The highest BCUT2D eigenvalue weighted by Crippen LogP contribution is 2.38. The quantitative estimate of drug-likeness (QED) is 0.100. The smallest absolute Gasteiger partial charge is 0.239 e. The van der Waals surface area contributed by atoms with E-state index in [1.54, 1.807) is 0 Å². The summed E-state index contributed by atoms with van der Waals surface area (Å²) in [5, 5.41) is 124. The lowest BCUT2D eigenvalue weighted by Crippen LogP contribution is -2.65. The van der Waals surface area contributed by atoms with Crippen LogP contribution in [0.15, 0.2) is 45.6 Å². The number of hydrogen-bond acceptors (Lipinski definition) is 20. The maximum absolute atomic E-state index is 14.0. The van der Waals surface area contributed by atoms with Gasteiger partial charge in [0.05, 0.1) is 19.3 Å². The predicted molar refractivity (Wildman–Crippen MR) is 171 cm³/mol. The van der Waals surface area contributed by atoms with Gasteiger partial charge in [-0.1, -0.05) is 0 Å². The van der Waals surface area contributed by atoms with Crippen LogP contribution in [0.25, 0.3) is 22.3 Å². The molecule has 1 aromatic heterocycles. The van der Waals surface area contributed by atoms with Crippen molar-refractivity contribution < 1.29 is 94.1 Å². The molecule has 15 atom stereocenters. The van der Waals surface area contributed by atoms with E-state index in [0.717, 1.165) is 12.1 Å². The molecule has 0 aliphatic carbocycles. The number of aliphatic hydroxyl groups is 9. The van der Waals surface area contributed by atoms with Crippen molar-refractivity contribution in [3.05, 3.63) is 46.6 Å². The Hall–Kier alpha value is -3.71. The number of hydrogen-bond donors (Lipinski definition) is 12. The summed E-state index contributed by atoms with van der Waals surface area (Å²) in [5.41, 5.74) is -1.23. The van der Waals surface area contributed by atoms with Gasteiger partial charge in [-0.05, 0) is 31.2 Å². The van der Waals surface area contributed by atoms with Gasteiger partial charge < -0.3 is 94.1 Å². The molecule has 3 aromatic rings. The molecule has 12 N–H and O–H groups in total. The summed E-state index contributed by atoms with van der Waals surface area (Å²) >= 11 is 0. The molecule has 53 heavy (non-hydrogen) atoms. The molecule has 0 spiro atoms.